The molecule has 0 saturated heterocycles. The summed E-state index contributed by atoms with van der Waals surface area (Å²) in [5.74, 6) is -0.222. The molecule has 0 atom stereocenters. The second-order valence-electron chi connectivity index (χ2n) is 7.64. The van der Waals surface area contributed by atoms with Crippen molar-refractivity contribution in [3.8, 4) is 0 Å². The van der Waals surface area contributed by atoms with E-state index in [1.165, 1.54) is 16.7 Å². The van der Waals surface area contributed by atoms with Crippen LogP contribution in [0.5, 0.6) is 0 Å². The largest absolute Gasteiger partial charge is 0.378 e. The Balaban J connectivity index is 1.54. The van der Waals surface area contributed by atoms with Crippen LogP contribution < -0.4 is 19.8 Å². The number of aryl methyl sites for hydroxylation is 1. The maximum Gasteiger partial charge on any atom is 0.302 e. The Hall–Kier alpha value is -3.92. The number of thioether (sulfide) groups is 1. The zero-order valence-electron chi connectivity index (χ0n) is 19.1. The number of hydrogen-bond donors (Lipinski definition) is 1. The van der Waals surface area contributed by atoms with Crippen molar-refractivity contribution >= 4 is 52.1 Å². The van der Waals surface area contributed by atoms with Gasteiger partial charge in [-0.15, -0.1) is 0 Å². The van der Waals surface area contributed by atoms with Crippen LogP contribution in [0.3, 0.4) is 0 Å². The van der Waals surface area contributed by atoms with Gasteiger partial charge in [-0.25, -0.2) is 4.99 Å². The summed E-state index contributed by atoms with van der Waals surface area (Å²) in [6.45, 7) is 2.55. The van der Waals surface area contributed by atoms with Crippen LogP contribution >= 0.6 is 11.8 Å². The lowest BCUT2D eigenvalue weighted by Gasteiger charge is -2.17. The van der Waals surface area contributed by atoms with E-state index in [1.807, 2.05) is 80.5 Å². The first-order valence-corrected chi connectivity index (χ1v) is 11.7. The Morgan fingerprint density at radius 3 is 2.56 bits per heavy atom. The summed E-state index contributed by atoms with van der Waals surface area (Å²) >= 11 is 1.18. The number of nitrogens with zero attached hydrogens (tertiary/aromatic N) is 5. The Kier molecular flexibility index (Phi) is 7.07. The molecule has 0 saturated carbocycles. The van der Waals surface area contributed by atoms with Gasteiger partial charge in [0.25, 0.3) is 12.1 Å². The molecule has 2 aromatic carbocycles. The average molecular weight is 478 g/mol. The maximum absolute atomic E-state index is 13.3. The summed E-state index contributed by atoms with van der Waals surface area (Å²) < 4.78 is 6.65. The smallest absolute Gasteiger partial charge is 0.302 e. The van der Waals surface area contributed by atoms with Crippen LogP contribution in [0.1, 0.15) is 12.5 Å². The molecule has 0 bridgehead atoms. The number of hydrogen-bond acceptors (Lipinski definition) is 7. The van der Waals surface area contributed by atoms with E-state index in [0.717, 1.165) is 11.3 Å². The van der Waals surface area contributed by atoms with Gasteiger partial charge in [-0.2, -0.15) is 0 Å². The van der Waals surface area contributed by atoms with E-state index >= 15 is 0 Å². The van der Waals surface area contributed by atoms with E-state index in [2.05, 4.69) is 15.6 Å². The van der Waals surface area contributed by atoms with Gasteiger partial charge in [0.05, 0.1) is 11.4 Å². The summed E-state index contributed by atoms with van der Waals surface area (Å²) in [5.41, 5.74) is 2.92. The van der Waals surface area contributed by atoms with Crippen molar-refractivity contribution in [3.63, 3.8) is 0 Å². The fourth-order valence-electron chi connectivity index (χ4n) is 3.21. The highest BCUT2D eigenvalue weighted by Gasteiger charge is 2.32. The van der Waals surface area contributed by atoms with Gasteiger partial charge in [0, 0.05) is 19.8 Å². The molecule has 0 aliphatic carbocycles. The summed E-state index contributed by atoms with van der Waals surface area (Å²) in [4.78, 5) is 33.8. The minimum Gasteiger partial charge on any atom is -0.378 e. The van der Waals surface area contributed by atoms with Gasteiger partial charge in [0.15, 0.2) is 11.7 Å². The zero-order chi connectivity index (χ0) is 24.1. The topological polar surface area (TPSA) is 94.9 Å². The quantitative estimate of drug-likeness (QED) is 0.415. The first-order valence-electron chi connectivity index (χ1n) is 10.7. The molecule has 174 valence electrons. The third-order valence-corrected chi connectivity index (χ3v) is 5.92. The third-order valence-electron chi connectivity index (χ3n) is 4.99. The van der Waals surface area contributed by atoms with Crippen molar-refractivity contribution in [2.24, 2.45) is 4.99 Å². The minimum atomic E-state index is -0.288. The lowest BCUT2D eigenvalue weighted by molar-refractivity contribution is -0.759. The van der Waals surface area contributed by atoms with Gasteiger partial charge < -0.3 is 4.90 Å². The fraction of sp³-hybridized carbons (Fsp3) is 0.208. The summed E-state index contributed by atoms with van der Waals surface area (Å²) in [6.07, 6.45) is 3.36. The molecule has 10 heteroatoms. The molecule has 1 aliphatic rings. The molecule has 2 amide bonds. The van der Waals surface area contributed by atoms with Gasteiger partial charge in [-0.3, -0.25) is 24.3 Å². The highest BCUT2D eigenvalue weighted by molar-refractivity contribution is 8.14. The van der Waals surface area contributed by atoms with E-state index in [4.69, 9.17) is 4.52 Å². The van der Waals surface area contributed by atoms with E-state index in [1.54, 1.807) is 17.0 Å². The molecule has 3 aromatic rings. The number of aliphatic imine (C=N–C) groups is 1. The molecule has 1 aromatic heterocycles. The van der Waals surface area contributed by atoms with Crippen LogP contribution in [0.25, 0.3) is 6.08 Å². The number of amides is 2. The number of benzene rings is 2. The van der Waals surface area contributed by atoms with Crippen molar-refractivity contribution in [3.05, 3.63) is 72.1 Å². The predicted octanol–water partition coefficient (Wildman–Crippen LogP) is 3.16. The molecule has 34 heavy (non-hydrogen) atoms. The molecule has 9 nitrogen and oxygen atoms in total. The lowest BCUT2D eigenvalue weighted by atomic mass is 10.1. The second-order valence-corrected chi connectivity index (χ2v) is 8.59. The van der Waals surface area contributed by atoms with E-state index < -0.39 is 0 Å². The average Bonchev–Trinajstić information content (AvgIpc) is 3.42. The van der Waals surface area contributed by atoms with Crippen LogP contribution in [-0.4, -0.2) is 42.1 Å². The van der Waals surface area contributed by atoms with Crippen molar-refractivity contribution < 1.29 is 18.8 Å². The van der Waals surface area contributed by atoms with Gasteiger partial charge in [-0.05, 0) is 42.8 Å². The van der Waals surface area contributed by atoms with Crippen LogP contribution in [0.2, 0.25) is 0 Å². The number of amidine groups is 1. The van der Waals surface area contributed by atoms with Crippen LogP contribution in [0.15, 0.2) is 76.0 Å². The van der Waals surface area contributed by atoms with Crippen LogP contribution in [0, 0.1) is 0 Å². The van der Waals surface area contributed by atoms with Crippen molar-refractivity contribution in [2.45, 2.75) is 13.5 Å². The Morgan fingerprint density at radius 1 is 1.18 bits per heavy atom. The Morgan fingerprint density at radius 2 is 1.91 bits per heavy atom. The Bertz CT molecular complexity index is 1240. The first-order chi connectivity index (χ1) is 16.4. The summed E-state index contributed by atoms with van der Waals surface area (Å²) in [6, 6.07) is 17.1. The predicted molar refractivity (Wildman–Crippen MR) is 134 cm³/mol. The molecule has 1 N–H and O–H groups in total. The molecular weight excluding hydrogens is 452 g/mol. The number of rotatable bonds is 7. The SMILES string of the molecule is CC[n+]1cc(NC(=O)CSC2=N/C(=C/c3ccc(N(C)C)cc3)C(=O)N2c2ccccc2)on1. The molecule has 2 heterocycles. The summed E-state index contributed by atoms with van der Waals surface area (Å²) in [7, 11) is 3.94. The van der Waals surface area contributed by atoms with E-state index in [-0.39, 0.29) is 23.5 Å². The standard InChI is InChI=1S/C24H24N6O3S/c1-4-29-15-22(33-27-29)26-21(31)16-34-24-25-20(14-17-10-12-18(13-11-17)28(2)3)23(32)30(24)19-8-6-5-7-9-19/h5-15H,4,16H2,1-3H3/p+1/b20-14+. The van der Waals surface area contributed by atoms with Gasteiger partial charge in [0.2, 0.25) is 11.2 Å². The van der Waals surface area contributed by atoms with Crippen molar-refractivity contribution in [1.82, 2.24) is 5.27 Å². The monoisotopic (exact) mass is 477 g/mol. The van der Waals surface area contributed by atoms with Crippen molar-refractivity contribution in [2.75, 3.05) is 35.0 Å². The van der Waals surface area contributed by atoms with Gasteiger partial charge in [0.1, 0.15) is 5.70 Å². The molecule has 0 radical (unpaired) electrons. The minimum absolute atomic E-state index is 0.0487. The molecule has 0 unspecified atom stereocenters. The molecule has 0 spiro atoms. The number of nitrogens with one attached hydrogen (secondary N) is 1. The highest BCUT2D eigenvalue weighted by atomic mass is 32.2. The third kappa shape index (κ3) is 5.34. The second kappa shape index (κ2) is 10.3. The number of carbonyl (C=O) groups excluding carboxylic acids is 2. The molecule has 1 aliphatic heterocycles. The Labute approximate surface area is 201 Å². The van der Waals surface area contributed by atoms with Crippen LogP contribution in [-0.2, 0) is 16.1 Å². The maximum atomic E-state index is 13.3. The van der Waals surface area contributed by atoms with Gasteiger partial charge in [-0.1, -0.05) is 46.8 Å². The number of carbonyl (C=O) groups is 2. The number of para-hydroxylation sites is 1. The zero-order valence-corrected chi connectivity index (χ0v) is 20.0. The fourth-order valence-corrected chi connectivity index (χ4v) is 4.02. The van der Waals surface area contributed by atoms with Crippen molar-refractivity contribution in [1.29, 1.82) is 0 Å². The first kappa shape index (κ1) is 23.2. The number of aromatic nitrogens is 2. The van der Waals surface area contributed by atoms with Crippen LogP contribution in [0.4, 0.5) is 17.3 Å². The van der Waals surface area contributed by atoms with E-state index in [0.29, 0.717) is 23.1 Å². The number of anilines is 3. The molecular formula is C24H25N6O3S+. The molecule has 0 fully saturated rings. The normalized spacial score (nSPS) is 14.4. The lowest BCUT2D eigenvalue weighted by Crippen LogP contribution is -2.33. The van der Waals surface area contributed by atoms with Gasteiger partial charge >= 0.3 is 5.88 Å². The molecule has 4 rings (SSSR count). The highest BCUT2D eigenvalue weighted by Crippen LogP contribution is 2.29. The summed E-state index contributed by atoms with van der Waals surface area (Å²) in [5, 5.41) is 6.88. The van der Waals surface area contributed by atoms with E-state index in [9.17, 15) is 9.59 Å².